The number of halogens is 1. The van der Waals surface area contributed by atoms with E-state index in [2.05, 4.69) is 34.5 Å². The third kappa shape index (κ3) is 3.05. The summed E-state index contributed by atoms with van der Waals surface area (Å²) in [7, 11) is 1.80. The molecule has 0 N–H and O–H groups in total. The number of rotatable bonds is 2. The lowest BCUT2D eigenvalue weighted by atomic mass is 10.4. The van der Waals surface area contributed by atoms with Gasteiger partial charge in [-0.05, 0) is 6.92 Å². The van der Waals surface area contributed by atoms with Crippen LogP contribution in [0.25, 0.3) is 0 Å². The summed E-state index contributed by atoms with van der Waals surface area (Å²) in [5.41, 5.74) is 1.11. The summed E-state index contributed by atoms with van der Waals surface area (Å²) in [5, 5.41) is 3.98. The summed E-state index contributed by atoms with van der Waals surface area (Å²) >= 11 is 2.23. The second-order valence-corrected chi connectivity index (χ2v) is 2.62. The van der Waals surface area contributed by atoms with Crippen molar-refractivity contribution in [3.8, 4) is 0 Å². The lowest BCUT2D eigenvalue weighted by Gasteiger charge is -2.02. The van der Waals surface area contributed by atoms with Crippen LogP contribution in [-0.4, -0.2) is 11.1 Å². The zero-order chi connectivity index (χ0) is 5.86. The summed E-state index contributed by atoms with van der Waals surface area (Å²) in [4.78, 5) is 0. The van der Waals surface area contributed by atoms with Crippen LogP contribution in [0.4, 0.5) is 0 Å². The Labute approximate surface area is 58.3 Å². The predicted octanol–water partition coefficient (Wildman–Crippen LogP) is 1.56. The molecule has 0 aliphatic heterocycles. The van der Waals surface area contributed by atoms with Gasteiger partial charge >= 0.3 is 0 Å². The van der Waals surface area contributed by atoms with Gasteiger partial charge in [-0.1, -0.05) is 34.7 Å². The maximum absolute atomic E-state index is 3.98. The summed E-state index contributed by atoms with van der Waals surface area (Å²) in [6.07, 6.45) is 0. The smallest absolute Gasteiger partial charge is 0.0961 e. The minimum absolute atomic E-state index is 0.303. The van der Waals surface area contributed by atoms with Gasteiger partial charge in [0.1, 0.15) is 0 Å². The maximum Gasteiger partial charge on any atom is 0.0961 e. The van der Waals surface area contributed by atoms with E-state index in [0.29, 0.717) is 4.05 Å². The maximum atomic E-state index is 3.98. The first-order valence-electron chi connectivity index (χ1n) is 2.07. The fraction of sp³-hybridized carbons (Fsp3) is 0.600. The normalized spacial score (nSPS) is 13.6. The van der Waals surface area contributed by atoms with Crippen LogP contribution in [0.2, 0.25) is 0 Å². The molecule has 1 unspecified atom stereocenters. The van der Waals surface area contributed by atoms with Crippen LogP contribution in [0.5, 0.6) is 0 Å². The van der Waals surface area contributed by atoms with Gasteiger partial charge in [0.25, 0.3) is 0 Å². The molecular weight excluding hydrogens is 201 g/mol. The highest BCUT2D eigenvalue weighted by molar-refractivity contribution is 14.1. The zero-order valence-corrected chi connectivity index (χ0v) is 6.77. The van der Waals surface area contributed by atoms with Gasteiger partial charge in [-0.2, -0.15) is 0 Å². The van der Waals surface area contributed by atoms with Gasteiger partial charge < -0.3 is 0 Å². The van der Waals surface area contributed by atoms with Crippen LogP contribution in [0.1, 0.15) is 6.92 Å². The van der Waals surface area contributed by atoms with Crippen LogP contribution in [0.15, 0.2) is 12.2 Å². The minimum Gasteiger partial charge on any atom is -0.227 e. The van der Waals surface area contributed by atoms with Crippen LogP contribution >= 0.6 is 22.6 Å². The van der Waals surface area contributed by atoms with E-state index in [1.807, 2.05) is 6.92 Å². The largest absolute Gasteiger partial charge is 0.227 e. The van der Waals surface area contributed by atoms with Crippen molar-refractivity contribution in [3.63, 3.8) is 0 Å². The summed E-state index contributed by atoms with van der Waals surface area (Å²) in [6.45, 7) is 5.70. The van der Waals surface area contributed by atoms with Crippen molar-refractivity contribution in [1.29, 1.82) is 0 Å². The molecule has 0 aromatic heterocycles. The average Bonchev–Trinajstić information content (AvgIpc) is 1.65. The molecule has 0 saturated carbocycles. The van der Waals surface area contributed by atoms with Crippen LogP contribution in [0.3, 0.4) is 0 Å². The molecule has 0 bridgehead atoms. The van der Waals surface area contributed by atoms with Crippen molar-refractivity contribution in [3.05, 3.63) is 12.2 Å². The molecule has 0 amide bonds. The van der Waals surface area contributed by atoms with E-state index in [-0.39, 0.29) is 0 Å². The third-order valence-corrected chi connectivity index (χ3v) is 2.25. The van der Waals surface area contributed by atoms with Gasteiger partial charge in [-0.15, -0.1) is 0 Å². The highest BCUT2D eigenvalue weighted by Crippen LogP contribution is 2.05. The highest BCUT2D eigenvalue weighted by Gasteiger charge is 1.97. The van der Waals surface area contributed by atoms with Crippen molar-refractivity contribution in [2.24, 2.45) is 0 Å². The molecule has 1 radical (unpaired) electrons. The molecule has 1 atom stereocenters. The van der Waals surface area contributed by atoms with E-state index in [1.54, 1.807) is 7.05 Å². The predicted molar refractivity (Wildman–Crippen MR) is 40.7 cm³/mol. The fourth-order valence-corrected chi connectivity index (χ4v) is 0.220. The number of nitrogens with zero attached hydrogens (tertiary/aromatic N) is 1. The first kappa shape index (κ1) is 7.43. The zero-order valence-electron chi connectivity index (χ0n) is 4.61. The van der Waals surface area contributed by atoms with E-state index in [4.69, 9.17) is 0 Å². The lowest BCUT2D eigenvalue weighted by Crippen LogP contribution is -2.09. The molecule has 0 aromatic carbocycles. The van der Waals surface area contributed by atoms with Crippen molar-refractivity contribution in [2.45, 2.75) is 11.0 Å². The molecule has 0 fully saturated rings. The van der Waals surface area contributed by atoms with Gasteiger partial charge in [0, 0.05) is 7.05 Å². The monoisotopic (exact) mass is 210 g/mol. The summed E-state index contributed by atoms with van der Waals surface area (Å²) < 4.78 is 0.303. The SMILES string of the molecule is C=C(C)C(I)[N]C. The second-order valence-electron chi connectivity index (χ2n) is 1.44. The average molecular weight is 210 g/mol. The van der Waals surface area contributed by atoms with E-state index < -0.39 is 0 Å². The molecule has 0 aliphatic rings. The second kappa shape index (κ2) is 3.43. The van der Waals surface area contributed by atoms with Gasteiger partial charge in [0.2, 0.25) is 0 Å². The number of hydrogen-bond donors (Lipinski definition) is 0. The minimum atomic E-state index is 0.303. The fourth-order valence-electron chi connectivity index (χ4n) is 0.220. The lowest BCUT2D eigenvalue weighted by molar-refractivity contribution is 0.837. The van der Waals surface area contributed by atoms with Crippen molar-refractivity contribution < 1.29 is 0 Å². The van der Waals surface area contributed by atoms with Crippen LogP contribution < -0.4 is 5.32 Å². The van der Waals surface area contributed by atoms with Gasteiger partial charge in [-0.25, -0.2) is 5.32 Å². The first-order chi connectivity index (χ1) is 3.18. The third-order valence-electron chi connectivity index (χ3n) is 0.633. The quantitative estimate of drug-likeness (QED) is 0.284. The van der Waals surface area contributed by atoms with Crippen molar-refractivity contribution in [1.82, 2.24) is 5.32 Å². The Morgan fingerprint density at radius 2 is 2.29 bits per heavy atom. The molecule has 0 spiro atoms. The Bertz CT molecular complexity index is 70.5. The number of hydrogen-bond acceptors (Lipinski definition) is 0. The molecule has 0 rings (SSSR count). The molecule has 1 nitrogen and oxygen atoms in total. The Balaban J connectivity index is 3.34. The molecular formula is C5H9IN. The van der Waals surface area contributed by atoms with Gasteiger partial charge in [0.05, 0.1) is 4.05 Å². The van der Waals surface area contributed by atoms with Crippen molar-refractivity contribution >= 4 is 22.6 Å². The van der Waals surface area contributed by atoms with Crippen LogP contribution in [-0.2, 0) is 0 Å². The molecule has 2 heteroatoms. The van der Waals surface area contributed by atoms with Crippen molar-refractivity contribution in [2.75, 3.05) is 7.05 Å². The molecule has 0 saturated heterocycles. The van der Waals surface area contributed by atoms with E-state index in [9.17, 15) is 0 Å². The molecule has 7 heavy (non-hydrogen) atoms. The molecule has 0 aliphatic carbocycles. The standard InChI is InChI=1S/C5H9IN/c1-4(2)5(6)7-3/h5H,1H2,2-3H3. The Morgan fingerprint density at radius 1 is 1.86 bits per heavy atom. The van der Waals surface area contributed by atoms with E-state index >= 15 is 0 Å². The topological polar surface area (TPSA) is 14.1 Å². The summed E-state index contributed by atoms with van der Waals surface area (Å²) in [5.74, 6) is 0. The van der Waals surface area contributed by atoms with Gasteiger partial charge in [-0.3, -0.25) is 0 Å². The van der Waals surface area contributed by atoms with E-state index in [0.717, 1.165) is 5.57 Å². The Hall–Kier alpha value is 0.430. The number of alkyl halides is 1. The van der Waals surface area contributed by atoms with Crippen LogP contribution in [0, 0.1) is 0 Å². The molecule has 0 heterocycles. The Kier molecular flexibility index (Phi) is 3.65. The number of likely N-dealkylation sites (N-methyl/N-ethyl adjacent to an activating group) is 1. The molecule has 0 aromatic rings. The van der Waals surface area contributed by atoms with Gasteiger partial charge in [0.15, 0.2) is 0 Å². The molecule has 41 valence electrons. The summed E-state index contributed by atoms with van der Waals surface area (Å²) in [6, 6.07) is 0. The Morgan fingerprint density at radius 3 is 2.29 bits per heavy atom. The van der Waals surface area contributed by atoms with E-state index in [1.165, 1.54) is 0 Å². The highest BCUT2D eigenvalue weighted by atomic mass is 127. The first-order valence-corrected chi connectivity index (χ1v) is 3.31.